The number of nitrogens with zero attached hydrogens (tertiary/aromatic N) is 3. The fraction of sp³-hybridized carbons (Fsp3) is 0.300. The molecule has 0 bridgehead atoms. The van der Waals surface area contributed by atoms with Gasteiger partial charge in [0.1, 0.15) is 0 Å². The normalized spacial score (nSPS) is 13.7. The summed E-state index contributed by atoms with van der Waals surface area (Å²) in [4.78, 5) is 40.9. The van der Waals surface area contributed by atoms with Crippen molar-refractivity contribution < 1.29 is 19.1 Å². The SMILES string of the molecule is N#CCc1ccccc1C(=O)OCC(=O)N1CCN(C(=O)c2cccs2)CC1. The zero-order valence-corrected chi connectivity index (χ0v) is 16.0. The van der Waals surface area contributed by atoms with Crippen molar-refractivity contribution in [1.29, 1.82) is 5.26 Å². The van der Waals surface area contributed by atoms with Crippen LogP contribution in [0.3, 0.4) is 0 Å². The molecule has 2 aromatic rings. The first-order chi connectivity index (χ1) is 13.6. The lowest BCUT2D eigenvalue weighted by Crippen LogP contribution is -2.51. The number of thiophene rings is 1. The van der Waals surface area contributed by atoms with E-state index in [-0.39, 0.29) is 24.8 Å². The highest BCUT2D eigenvalue weighted by Gasteiger charge is 2.26. The topological polar surface area (TPSA) is 90.7 Å². The Bertz CT molecular complexity index is 896. The Morgan fingerprint density at radius 1 is 1.04 bits per heavy atom. The van der Waals surface area contributed by atoms with Crippen LogP contribution in [0.25, 0.3) is 0 Å². The minimum atomic E-state index is -0.620. The highest BCUT2D eigenvalue weighted by atomic mass is 32.1. The van der Waals surface area contributed by atoms with Gasteiger partial charge in [0, 0.05) is 26.2 Å². The van der Waals surface area contributed by atoms with Crippen LogP contribution >= 0.6 is 11.3 Å². The summed E-state index contributed by atoms with van der Waals surface area (Å²) in [6.07, 6.45) is 0.0967. The van der Waals surface area contributed by atoms with Crippen molar-refractivity contribution in [3.8, 4) is 6.07 Å². The van der Waals surface area contributed by atoms with Gasteiger partial charge in [0.2, 0.25) is 0 Å². The number of ether oxygens (including phenoxy) is 1. The summed E-state index contributed by atoms with van der Waals surface area (Å²) < 4.78 is 5.14. The molecule has 0 N–H and O–H groups in total. The van der Waals surface area contributed by atoms with Crippen molar-refractivity contribution in [2.45, 2.75) is 6.42 Å². The van der Waals surface area contributed by atoms with Crippen molar-refractivity contribution in [1.82, 2.24) is 9.80 Å². The highest BCUT2D eigenvalue weighted by Crippen LogP contribution is 2.14. The number of hydrogen-bond acceptors (Lipinski definition) is 6. The molecule has 2 heterocycles. The molecule has 144 valence electrons. The Kier molecular flexibility index (Phi) is 6.40. The summed E-state index contributed by atoms with van der Waals surface area (Å²) >= 11 is 1.40. The highest BCUT2D eigenvalue weighted by molar-refractivity contribution is 7.12. The zero-order chi connectivity index (χ0) is 19.9. The van der Waals surface area contributed by atoms with E-state index in [9.17, 15) is 14.4 Å². The van der Waals surface area contributed by atoms with E-state index in [0.29, 0.717) is 42.2 Å². The maximum absolute atomic E-state index is 12.3. The summed E-state index contributed by atoms with van der Waals surface area (Å²) in [5.41, 5.74) is 0.867. The van der Waals surface area contributed by atoms with Crippen molar-refractivity contribution in [3.63, 3.8) is 0 Å². The van der Waals surface area contributed by atoms with Crippen LogP contribution < -0.4 is 0 Å². The van der Waals surface area contributed by atoms with E-state index in [0.717, 1.165) is 0 Å². The second kappa shape index (κ2) is 9.15. The van der Waals surface area contributed by atoms with Gasteiger partial charge in [-0.25, -0.2) is 4.79 Å². The summed E-state index contributed by atoms with van der Waals surface area (Å²) in [5.74, 6) is -0.942. The van der Waals surface area contributed by atoms with Crippen LogP contribution in [-0.2, 0) is 16.0 Å². The molecule has 7 nitrogen and oxygen atoms in total. The van der Waals surface area contributed by atoms with E-state index in [2.05, 4.69) is 0 Å². The average Bonchev–Trinajstić information content (AvgIpc) is 3.27. The lowest BCUT2D eigenvalue weighted by molar-refractivity contribution is -0.136. The number of rotatable bonds is 5. The molecule has 1 fully saturated rings. The van der Waals surface area contributed by atoms with Crippen LogP contribution in [0.2, 0.25) is 0 Å². The van der Waals surface area contributed by atoms with Crippen LogP contribution in [0.5, 0.6) is 0 Å². The Morgan fingerprint density at radius 2 is 1.75 bits per heavy atom. The van der Waals surface area contributed by atoms with Gasteiger partial charge in [0.15, 0.2) is 6.61 Å². The molecule has 2 amide bonds. The van der Waals surface area contributed by atoms with Crippen LogP contribution in [0.4, 0.5) is 0 Å². The fourth-order valence-electron chi connectivity index (χ4n) is 2.97. The minimum Gasteiger partial charge on any atom is -0.452 e. The lowest BCUT2D eigenvalue weighted by atomic mass is 10.1. The second-order valence-electron chi connectivity index (χ2n) is 6.22. The maximum atomic E-state index is 12.3. The molecule has 0 aliphatic carbocycles. The smallest absolute Gasteiger partial charge is 0.338 e. The van der Waals surface area contributed by atoms with Gasteiger partial charge in [-0.15, -0.1) is 11.3 Å². The van der Waals surface area contributed by atoms with Crippen molar-refractivity contribution >= 4 is 29.1 Å². The predicted octanol–water partition coefficient (Wildman–Crippen LogP) is 1.96. The molecule has 1 aliphatic heterocycles. The second-order valence-corrected chi connectivity index (χ2v) is 7.17. The number of carbonyl (C=O) groups excluding carboxylic acids is 3. The molecule has 8 heteroatoms. The molecular formula is C20H19N3O4S. The molecule has 0 unspecified atom stereocenters. The number of nitriles is 1. The van der Waals surface area contributed by atoms with Gasteiger partial charge < -0.3 is 14.5 Å². The molecule has 28 heavy (non-hydrogen) atoms. The molecule has 1 saturated heterocycles. The van der Waals surface area contributed by atoms with Crippen molar-refractivity contribution in [2.24, 2.45) is 0 Å². The number of hydrogen-bond donors (Lipinski definition) is 0. The molecule has 1 aliphatic rings. The number of benzene rings is 1. The quantitative estimate of drug-likeness (QED) is 0.720. The van der Waals surface area contributed by atoms with E-state index >= 15 is 0 Å². The third kappa shape index (κ3) is 4.56. The number of esters is 1. The third-order valence-corrected chi connectivity index (χ3v) is 5.34. The van der Waals surface area contributed by atoms with Crippen LogP contribution in [-0.4, -0.2) is 60.4 Å². The van der Waals surface area contributed by atoms with Crippen LogP contribution in [0.1, 0.15) is 25.6 Å². The van der Waals surface area contributed by atoms with Gasteiger partial charge >= 0.3 is 5.97 Å². The minimum absolute atomic E-state index is 0.0253. The Hall–Kier alpha value is -3.18. The Balaban J connectivity index is 1.49. The summed E-state index contributed by atoms with van der Waals surface area (Å²) in [6.45, 7) is 1.33. The maximum Gasteiger partial charge on any atom is 0.338 e. The largest absolute Gasteiger partial charge is 0.452 e. The van der Waals surface area contributed by atoms with E-state index in [1.54, 1.807) is 40.1 Å². The fourth-order valence-corrected chi connectivity index (χ4v) is 3.66. The summed E-state index contributed by atoms with van der Waals surface area (Å²) in [7, 11) is 0. The first-order valence-corrected chi connectivity index (χ1v) is 9.70. The lowest BCUT2D eigenvalue weighted by Gasteiger charge is -2.34. The molecular weight excluding hydrogens is 378 g/mol. The van der Waals surface area contributed by atoms with E-state index < -0.39 is 5.97 Å². The molecule has 0 saturated carbocycles. The van der Waals surface area contributed by atoms with Gasteiger partial charge in [0.25, 0.3) is 11.8 Å². The molecule has 3 rings (SSSR count). The number of carbonyl (C=O) groups is 3. The van der Waals surface area contributed by atoms with Crippen molar-refractivity contribution in [3.05, 3.63) is 57.8 Å². The average molecular weight is 397 g/mol. The van der Waals surface area contributed by atoms with Crippen molar-refractivity contribution in [2.75, 3.05) is 32.8 Å². The Morgan fingerprint density at radius 3 is 2.43 bits per heavy atom. The molecule has 0 radical (unpaired) electrons. The van der Waals surface area contributed by atoms with Gasteiger partial charge in [-0.2, -0.15) is 5.26 Å². The van der Waals surface area contributed by atoms with E-state index in [4.69, 9.17) is 10.00 Å². The van der Waals surface area contributed by atoms with Gasteiger partial charge in [-0.1, -0.05) is 24.3 Å². The van der Waals surface area contributed by atoms with Crippen LogP contribution in [0.15, 0.2) is 41.8 Å². The van der Waals surface area contributed by atoms with Gasteiger partial charge in [-0.3, -0.25) is 9.59 Å². The summed E-state index contributed by atoms with van der Waals surface area (Å²) in [5, 5.41) is 10.7. The zero-order valence-electron chi connectivity index (χ0n) is 15.2. The molecule has 0 atom stereocenters. The predicted molar refractivity (Wildman–Crippen MR) is 103 cm³/mol. The number of amides is 2. The van der Waals surface area contributed by atoms with Crippen LogP contribution in [0, 0.1) is 11.3 Å². The third-order valence-electron chi connectivity index (χ3n) is 4.49. The molecule has 1 aromatic heterocycles. The van der Waals surface area contributed by atoms with E-state index in [1.807, 2.05) is 17.5 Å². The van der Waals surface area contributed by atoms with Gasteiger partial charge in [0.05, 0.1) is 22.9 Å². The van der Waals surface area contributed by atoms with E-state index in [1.165, 1.54) is 11.3 Å². The molecule has 0 spiro atoms. The first-order valence-electron chi connectivity index (χ1n) is 8.82. The summed E-state index contributed by atoms with van der Waals surface area (Å²) in [6, 6.07) is 12.3. The Labute approximate surface area is 166 Å². The number of piperazine rings is 1. The first kappa shape index (κ1) is 19.6. The molecule has 1 aromatic carbocycles. The van der Waals surface area contributed by atoms with Gasteiger partial charge in [-0.05, 0) is 23.1 Å². The standard InChI is InChI=1S/C20H19N3O4S/c21-8-7-15-4-1-2-5-16(15)20(26)27-14-18(24)22-9-11-23(12-10-22)19(25)17-6-3-13-28-17/h1-6,13H,7,9-12,14H2. The monoisotopic (exact) mass is 397 g/mol.